The molecule has 1 rings (SSSR count). The molecular weight excluding hydrogens is 249 g/mol. The van der Waals surface area contributed by atoms with E-state index >= 15 is 0 Å². The van der Waals surface area contributed by atoms with Gasteiger partial charge in [-0.05, 0) is 18.2 Å². The van der Waals surface area contributed by atoms with Gasteiger partial charge in [0.2, 0.25) is 10.0 Å². The summed E-state index contributed by atoms with van der Waals surface area (Å²) in [6.45, 7) is 0. The Kier molecular flexibility index (Phi) is 4.35. The van der Waals surface area contributed by atoms with Gasteiger partial charge in [-0.3, -0.25) is 0 Å². The van der Waals surface area contributed by atoms with Gasteiger partial charge in [-0.25, -0.2) is 17.9 Å². The van der Waals surface area contributed by atoms with Gasteiger partial charge in [-0.15, -0.1) is 0 Å². The van der Waals surface area contributed by atoms with Crippen molar-refractivity contribution in [3.63, 3.8) is 0 Å². The van der Waals surface area contributed by atoms with Crippen LogP contribution in [0.1, 0.15) is 12.0 Å². The SMILES string of the molecule is NS(=O)(=O)c1ccc(C#CCCS)c(F)c1. The summed E-state index contributed by atoms with van der Waals surface area (Å²) < 4.78 is 35.2. The van der Waals surface area contributed by atoms with E-state index in [-0.39, 0.29) is 10.5 Å². The summed E-state index contributed by atoms with van der Waals surface area (Å²) in [6.07, 6.45) is 0.541. The van der Waals surface area contributed by atoms with Crippen LogP contribution in [0.5, 0.6) is 0 Å². The second kappa shape index (κ2) is 5.34. The number of primary sulfonamides is 1. The van der Waals surface area contributed by atoms with Crippen LogP contribution in [-0.4, -0.2) is 14.2 Å². The zero-order valence-corrected chi connectivity index (χ0v) is 9.98. The molecule has 0 spiro atoms. The van der Waals surface area contributed by atoms with Crippen LogP contribution in [0.4, 0.5) is 4.39 Å². The molecule has 16 heavy (non-hydrogen) atoms. The van der Waals surface area contributed by atoms with Crippen molar-refractivity contribution >= 4 is 22.7 Å². The van der Waals surface area contributed by atoms with Crippen LogP contribution in [0.15, 0.2) is 23.1 Å². The van der Waals surface area contributed by atoms with Gasteiger partial charge < -0.3 is 0 Å². The normalized spacial score (nSPS) is 10.7. The lowest BCUT2D eigenvalue weighted by Gasteiger charge is -1.99. The molecule has 0 aliphatic carbocycles. The smallest absolute Gasteiger partial charge is 0.225 e. The van der Waals surface area contributed by atoms with E-state index in [4.69, 9.17) is 5.14 Å². The first-order chi connectivity index (χ1) is 7.45. The van der Waals surface area contributed by atoms with Gasteiger partial charge in [0.05, 0.1) is 10.5 Å². The molecule has 1 aromatic carbocycles. The molecule has 3 nitrogen and oxygen atoms in total. The molecule has 0 unspecified atom stereocenters. The minimum absolute atomic E-state index is 0.147. The zero-order chi connectivity index (χ0) is 12.2. The number of thiol groups is 1. The van der Waals surface area contributed by atoms with Crippen LogP contribution in [-0.2, 0) is 10.0 Å². The number of nitrogens with two attached hydrogens (primary N) is 1. The summed E-state index contributed by atoms with van der Waals surface area (Å²) in [4.78, 5) is -0.259. The average molecular weight is 259 g/mol. The zero-order valence-electron chi connectivity index (χ0n) is 8.27. The van der Waals surface area contributed by atoms with Gasteiger partial charge in [0.25, 0.3) is 0 Å². The van der Waals surface area contributed by atoms with Crippen LogP contribution in [0.3, 0.4) is 0 Å². The molecule has 0 aliphatic rings. The van der Waals surface area contributed by atoms with Crippen molar-refractivity contribution < 1.29 is 12.8 Å². The van der Waals surface area contributed by atoms with E-state index in [2.05, 4.69) is 24.5 Å². The summed E-state index contributed by atoms with van der Waals surface area (Å²) in [5, 5.41) is 4.86. The topological polar surface area (TPSA) is 60.2 Å². The Morgan fingerprint density at radius 3 is 2.62 bits per heavy atom. The number of halogens is 1. The number of sulfonamides is 1. The standard InChI is InChI=1S/C10H10FNO2S2/c11-10-7-9(16(12,13)14)5-4-8(10)3-1-2-6-15/h4-5,7,15H,2,6H2,(H2,12,13,14). The average Bonchev–Trinajstić information content (AvgIpc) is 2.19. The van der Waals surface area contributed by atoms with E-state index in [1.807, 2.05) is 0 Å². The fourth-order valence-corrected chi connectivity index (χ4v) is 1.63. The van der Waals surface area contributed by atoms with Crippen molar-refractivity contribution in [1.29, 1.82) is 0 Å². The van der Waals surface area contributed by atoms with Gasteiger partial charge in [0, 0.05) is 12.2 Å². The molecule has 6 heteroatoms. The Hall–Kier alpha value is -1.03. The fourth-order valence-electron chi connectivity index (χ4n) is 0.988. The Balaban J connectivity index is 3.07. The summed E-state index contributed by atoms with van der Waals surface area (Å²) in [6, 6.07) is 3.38. The van der Waals surface area contributed by atoms with E-state index < -0.39 is 15.8 Å². The molecule has 1 aromatic rings. The van der Waals surface area contributed by atoms with Gasteiger partial charge in [-0.1, -0.05) is 11.8 Å². The molecule has 0 amide bonds. The molecule has 0 saturated carbocycles. The molecule has 2 N–H and O–H groups in total. The van der Waals surface area contributed by atoms with E-state index in [0.717, 1.165) is 6.07 Å². The Morgan fingerprint density at radius 1 is 1.44 bits per heavy atom. The molecule has 86 valence electrons. The van der Waals surface area contributed by atoms with E-state index in [9.17, 15) is 12.8 Å². The molecule has 0 radical (unpaired) electrons. The highest BCUT2D eigenvalue weighted by Crippen LogP contribution is 2.12. The Labute approximate surface area is 99.3 Å². The van der Waals surface area contributed by atoms with E-state index in [1.165, 1.54) is 12.1 Å². The van der Waals surface area contributed by atoms with Crippen molar-refractivity contribution in [3.05, 3.63) is 29.6 Å². The minimum atomic E-state index is -3.87. The fraction of sp³-hybridized carbons (Fsp3) is 0.200. The third-order valence-electron chi connectivity index (χ3n) is 1.73. The number of benzene rings is 1. The minimum Gasteiger partial charge on any atom is -0.225 e. The van der Waals surface area contributed by atoms with Crippen LogP contribution in [0.2, 0.25) is 0 Å². The first-order valence-corrected chi connectivity index (χ1v) is 6.55. The van der Waals surface area contributed by atoms with Crippen LogP contribution in [0, 0.1) is 17.7 Å². The van der Waals surface area contributed by atoms with Crippen molar-refractivity contribution in [3.8, 4) is 11.8 Å². The van der Waals surface area contributed by atoms with Crippen LogP contribution >= 0.6 is 12.6 Å². The summed E-state index contributed by atoms with van der Waals surface area (Å²) in [5.41, 5.74) is 0.147. The van der Waals surface area contributed by atoms with Gasteiger partial charge in [-0.2, -0.15) is 12.6 Å². The van der Waals surface area contributed by atoms with Crippen molar-refractivity contribution in [2.24, 2.45) is 5.14 Å². The maximum Gasteiger partial charge on any atom is 0.238 e. The number of hydrogen-bond donors (Lipinski definition) is 2. The summed E-state index contributed by atoms with van der Waals surface area (Å²) in [5.74, 6) is 5.18. The second-order valence-corrected chi connectivity index (χ2v) is 4.97. The molecule has 0 bridgehead atoms. The highest BCUT2D eigenvalue weighted by molar-refractivity contribution is 7.89. The van der Waals surface area contributed by atoms with Crippen molar-refractivity contribution in [2.75, 3.05) is 5.75 Å². The monoisotopic (exact) mass is 259 g/mol. The van der Waals surface area contributed by atoms with Gasteiger partial charge >= 0.3 is 0 Å². The first kappa shape index (κ1) is 13.0. The number of rotatable bonds is 2. The van der Waals surface area contributed by atoms with Gasteiger partial charge in [0.1, 0.15) is 5.82 Å². The third kappa shape index (κ3) is 3.52. The highest BCUT2D eigenvalue weighted by atomic mass is 32.2. The summed E-state index contributed by atoms with van der Waals surface area (Å²) in [7, 11) is -3.87. The third-order valence-corrected chi connectivity index (χ3v) is 2.86. The molecule has 0 saturated heterocycles. The molecule has 0 heterocycles. The molecule has 0 aromatic heterocycles. The van der Waals surface area contributed by atoms with Crippen LogP contribution < -0.4 is 5.14 Å². The largest absolute Gasteiger partial charge is 0.238 e. The van der Waals surface area contributed by atoms with Crippen molar-refractivity contribution in [2.45, 2.75) is 11.3 Å². The lowest BCUT2D eigenvalue weighted by atomic mass is 10.2. The number of hydrogen-bond acceptors (Lipinski definition) is 3. The Bertz CT molecular complexity index is 544. The highest BCUT2D eigenvalue weighted by Gasteiger charge is 2.10. The first-order valence-electron chi connectivity index (χ1n) is 4.37. The molecule has 0 aliphatic heterocycles. The predicted molar refractivity (Wildman–Crippen MR) is 63.1 cm³/mol. The Morgan fingerprint density at radius 2 is 2.12 bits per heavy atom. The van der Waals surface area contributed by atoms with Crippen LogP contribution in [0.25, 0.3) is 0 Å². The lowest BCUT2D eigenvalue weighted by molar-refractivity contribution is 0.591. The molecule has 0 atom stereocenters. The lowest BCUT2D eigenvalue weighted by Crippen LogP contribution is -2.12. The predicted octanol–water partition coefficient (Wildman–Crippen LogP) is 1.14. The quantitative estimate of drug-likeness (QED) is 0.618. The molecule has 0 fully saturated rings. The molecular formula is C10H10FNO2S2. The van der Waals surface area contributed by atoms with E-state index in [0.29, 0.717) is 12.2 Å². The maximum absolute atomic E-state index is 13.4. The second-order valence-electron chi connectivity index (χ2n) is 2.96. The summed E-state index contributed by atoms with van der Waals surface area (Å²) >= 11 is 3.95. The van der Waals surface area contributed by atoms with Crippen molar-refractivity contribution in [1.82, 2.24) is 0 Å². The van der Waals surface area contributed by atoms with E-state index in [1.54, 1.807) is 0 Å². The maximum atomic E-state index is 13.4. The van der Waals surface area contributed by atoms with Gasteiger partial charge in [0.15, 0.2) is 0 Å².